The zero-order valence-electron chi connectivity index (χ0n) is 24.2. The number of carbonyl (C=O) groups excluding carboxylic acids is 1. The largest absolute Gasteiger partial charge is 0.417 e. The maximum Gasteiger partial charge on any atom is 0.417 e. The third-order valence-corrected chi connectivity index (χ3v) is 9.12. The van der Waals surface area contributed by atoms with Crippen LogP contribution in [0, 0.1) is 0 Å². The number of alkyl halides is 3. The predicted molar refractivity (Wildman–Crippen MR) is 166 cm³/mol. The van der Waals surface area contributed by atoms with Crippen molar-refractivity contribution in [2.45, 2.75) is 38.5 Å². The quantitative estimate of drug-likeness (QED) is 0.219. The molecule has 1 aliphatic heterocycles. The van der Waals surface area contributed by atoms with Crippen molar-refractivity contribution in [2.75, 3.05) is 0 Å². The molecule has 4 heterocycles. The van der Waals surface area contributed by atoms with Crippen molar-refractivity contribution in [3.05, 3.63) is 128 Å². The van der Waals surface area contributed by atoms with Crippen LogP contribution in [0.5, 0.6) is 0 Å². The lowest BCUT2D eigenvalue weighted by Crippen LogP contribution is -2.46. The molecule has 0 spiro atoms. The van der Waals surface area contributed by atoms with E-state index in [2.05, 4.69) is 20.9 Å². The summed E-state index contributed by atoms with van der Waals surface area (Å²) in [4.78, 5) is 34.1. The molecule has 1 atom stereocenters. The number of nitrogens with zero attached hydrogens (tertiary/aromatic N) is 6. The van der Waals surface area contributed by atoms with Crippen LogP contribution in [0.2, 0.25) is 0 Å². The summed E-state index contributed by atoms with van der Waals surface area (Å²) in [6.45, 7) is 1.80. The van der Waals surface area contributed by atoms with Crippen LogP contribution >= 0.6 is 15.9 Å². The van der Waals surface area contributed by atoms with Gasteiger partial charge in [-0.05, 0) is 55.3 Å². The van der Waals surface area contributed by atoms with E-state index < -0.39 is 23.7 Å². The molecule has 3 aromatic heterocycles. The molecular weight excluding hydrogens is 649 g/mol. The van der Waals surface area contributed by atoms with Gasteiger partial charge in [-0.1, -0.05) is 46.3 Å². The number of aryl methyl sites for hydroxylation is 1. The number of aromatic nitrogens is 5. The Morgan fingerprint density at radius 3 is 2.60 bits per heavy atom. The van der Waals surface area contributed by atoms with Gasteiger partial charge in [0.1, 0.15) is 5.65 Å². The Balaban J connectivity index is 1.39. The highest BCUT2D eigenvalue weighted by atomic mass is 79.9. The predicted octanol–water partition coefficient (Wildman–Crippen LogP) is 6.33. The molecule has 0 saturated heterocycles. The lowest BCUT2D eigenvalue weighted by atomic mass is 9.97. The Labute approximate surface area is 263 Å². The van der Waals surface area contributed by atoms with Crippen LogP contribution in [0.1, 0.15) is 45.2 Å². The molecule has 0 N–H and O–H groups in total. The summed E-state index contributed by atoms with van der Waals surface area (Å²) >= 11 is 2.95. The SMILES string of the molecule is C[C@H]1Cc2c(n3ncc(Cc4ccccc4)c3n(-c3ccc4c(c3)ncn4C)c2=O)CN1C(=O)c1ccc(Br)c(C(F)(F)F)c1. The molecule has 7 rings (SSSR count). The van der Waals surface area contributed by atoms with E-state index in [1.807, 2.05) is 60.1 Å². The lowest BCUT2D eigenvalue weighted by Gasteiger charge is -2.35. The van der Waals surface area contributed by atoms with Gasteiger partial charge in [-0.25, -0.2) is 9.50 Å². The summed E-state index contributed by atoms with van der Waals surface area (Å²) in [5.41, 5.74) is 4.48. The minimum atomic E-state index is -4.63. The van der Waals surface area contributed by atoms with Crippen molar-refractivity contribution in [1.82, 2.24) is 28.6 Å². The molecule has 1 aliphatic rings. The summed E-state index contributed by atoms with van der Waals surface area (Å²) in [5, 5.41) is 4.72. The van der Waals surface area contributed by atoms with Crippen LogP contribution in [0.4, 0.5) is 13.2 Å². The Kier molecular flexibility index (Phi) is 6.92. The van der Waals surface area contributed by atoms with Crippen molar-refractivity contribution in [2.24, 2.45) is 7.05 Å². The number of halogens is 4. The topological polar surface area (TPSA) is 77.4 Å². The van der Waals surface area contributed by atoms with E-state index in [-0.39, 0.29) is 28.6 Å². The van der Waals surface area contributed by atoms with Gasteiger partial charge in [-0.2, -0.15) is 18.3 Å². The van der Waals surface area contributed by atoms with Gasteiger partial charge in [0.05, 0.1) is 47.0 Å². The van der Waals surface area contributed by atoms with Gasteiger partial charge in [0.25, 0.3) is 11.5 Å². The average molecular weight is 676 g/mol. The fourth-order valence-corrected chi connectivity index (χ4v) is 6.61. The van der Waals surface area contributed by atoms with E-state index in [0.29, 0.717) is 29.0 Å². The number of carbonyl (C=O) groups is 1. The molecule has 0 bridgehead atoms. The zero-order chi connectivity index (χ0) is 31.6. The molecular formula is C33H26BrF3N6O2. The molecule has 0 unspecified atom stereocenters. The third kappa shape index (κ3) is 4.93. The number of benzene rings is 3. The summed E-state index contributed by atoms with van der Waals surface area (Å²) in [6, 6.07) is 18.5. The third-order valence-electron chi connectivity index (χ3n) is 8.43. The monoisotopic (exact) mass is 674 g/mol. The summed E-state index contributed by atoms with van der Waals surface area (Å²) in [7, 11) is 1.90. The minimum Gasteiger partial charge on any atom is -0.334 e. The molecule has 1 amide bonds. The molecule has 8 nitrogen and oxygen atoms in total. The van der Waals surface area contributed by atoms with Crippen LogP contribution < -0.4 is 5.56 Å². The fraction of sp³-hybridized carbons (Fsp3) is 0.212. The number of hydrogen-bond acceptors (Lipinski definition) is 4. The maximum absolute atomic E-state index is 14.4. The van der Waals surface area contributed by atoms with Crippen molar-refractivity contribution in [3.8, 4) is 5.69 Å². The van der Waals surface area contributed by atoms with Crippen LogP contribution in [0.25, 0.3) is 22.4 Å². The molecule has 0 radical (unpaired) electrons. The van der Waals surface area contributed by atoms with Crippen LogP contribution in [-0.2, 0) is 32.6 Å². The first kappa shape index (κ1) is 29.0. The molecule has 6 aromatic rings. The second-order valence-electron chi connectivity index (χ2n) is 11.3. The van der Waals surface area contributed by atoms with Crippen molar-refractivity contribution in [1.29, 1.82) is 0 Å². The molecule has 45 heavy (non-hydrogen) atoms. The Bertz CT molecular complexity index is 2180. The first-order chi connectivity index (χ1) is 21.5. The van der Waals surface area contributed by atoms with Gasteiger partial charge < -0.3 is 9.47 Å². The van der Waals surface area contributed by atoms with Gasteiger partial charge in [0.2, 0.25) is 0 Å². The number of rotatable bonds is 4. The zero-order valence-corrected chi connectivity index (χ0v) is 25.8. The second kappa shape index (κ2) is 10.7. The molecule has 0 saturated carbocycles. The van der Waals surface area contributed by atoms with Crippen LogP contribution in [0.15, 0.2) is 88.5 Å². The number of hydrogen-bond donors (Lipinski definition) is 0. The highest BCUT2D eigenvalue weighted by Gasteiger charge is 2.36. The molecule has 228 valence electrons. The van der Waals surface area contributed by atoms with E-state index in [0.717, 1.165) is 28.2 Å². The van der Waals surface area contributed by atoms with Gasteiger partial charge in [0, 0.05) is 40.7 Å². The second-order valence-corrected chi connectivity index (χ2v) is 12.2. The van der Waals surface area contributed by atoms with Crippen molar-refractivity contribution in [3.63, 3.8) is 0 Å². The average Bonchev–Trinajstić information content (AvgIpc) is 3.60. The fourth-order valence-electron chi connectivity index (χ4n) is 6.14. The van der Waals surface area contributed by atoms with E-state index in [1.165, 1.54) is 17.0 Å². The van der Waals surface area contributed by atoms with Crippen molar-refractivity contribution < 1.29 is 18.0 Å². The lowest BCUT2D eigenvalue weighted by molar-refractivity contribution is -0.138. The smallest absolute Gasteiger partial charge is 0.334 e. The Hall–Kier alpha value is -4.71. The highest BCUT2D eigenvalue weighted by molar-refractivity contribution is 9.10. The first-order valence-electron chi connectivity index (χ1n) is 14.3. The minimum absolute atomic E-state index is 0.00502. The molecule has 3 aromatic carbocycles. The summed E-state index contributed by atoms with van der Waals surface area (Å²) in [6.07, 6.45) is -0.470. The highest BCUT2D eigenvalue weighted by Crippen LogP contribution is 2.36. The van der Waals surface area contributed by atoms with Crippen LogP contribution in [0.3, 0.4) is 0 Å². The normalized spacial score (nSPS) is 15.2. The van der Waals surface area contributed by atoms with E-state index in [4.69, 9.17) is 5.10 Å². The summed E-state index contributed by atoms with van der Waals surface area (Å²) in [5.74, 6) is -0.555. The summed E-state index contributed by atoms with van der Waals surface area (Å²) < 4.78 is 46.0. The van der Waals surface area contributed by atoms with Crippen molar-refractivity contribution >= 4 is 38.5 Å². The standard InChI is InChI=1S/C33H26BrF3N6O2/c1-19-12-24-29(17-41(19)31(44)21-8-10-26(34)25(14-21)33(35,36)37)43-30(22(16-39-43)13-20-6-4-3-5-7-20)42(32(24)45)23-9-11-28-27(15-23)38-18-40(28)2/h3-11,14-16,18-19H,12-13,17H2,1-2H3/t19-/m0/s1. The number of amides is 1. The van der Waals surface area contributed by atoms with Crippen LogP contribution in [-0.4, -0.2) is 40.6 Å². The number of fused-ring (bicyclic) bond motifs is 4. The molecule has 12 heteroatoms. The van der Waals surface area contributed by atoms with E-state index in [1.54, 1.807) is 28.5 Å². The number of imidazole rings is 1. The molecule has 0 fully saturated rings. The maximum atomic E-state index is 14.4. The van der Waals surface area contributed by atoms with Gasteiger partial charge in [0.15, 0.2) is 0 Å². The Morgan fingerprint density at radius 1 is 1.07 bits per heavy atom. The van der Waals surface area contributed by atoms with Gasteiger partial charge >= 0.3 is 6.18 Å². The first-order valence-corrected chi connectivity index (χ1v) is 15.1. The molecule has 0 aliphatic carbocycles. The van der Waals surface area contributed by atoms with E-state index in [9.17, 15) is 22.8 Å². The van der Waals surface area contributed by atoms with E-state index >= 15 is 0 Å². The van der Waals surface area contributed by atoms with Gasteiger partial charge in [-0.15, -0.1) is 0 Å². The van der Waals surface area contributed by atoms with Gasteiger partial charge in [-0.3, -0.25) is 14.2 Å². The Morgan fingerprint density at radius 2 is 1.84 bits per heavy atom.